The van der Waals surface area contributed by atoms with E-state index in [-0.39, 0.29) is 17.3 Å². The molecular formula is C20H23N5O3. The molecule has 1 aliphatic rings. The zero-order valence-electron chi connectivity index (χ0n) is 16.2. The van der Waals surface area contributed by atoms with Crippen molar-refractivity contribution in [3.05, 3.63) is 69.7 Å². The highest BCUT2D eigenvalue weighted by molar-refractivity contribution is 5.92. The standard InChI is InChI=1S/C20H23N5O3/c1-13(2)12-25-20(27)24-10-9-23(19(26)16-11-14(3)28-22-16)17(18(24)21-25)15-7-5-4-6-8-15/h4-8,11,13,17H,9-10,12H2,1-3H3. The fourth-order valence-electron chi connectivity index (χ4n) is 3.61. The molecule has 0 fully saturated rings. The van der Waals surface area contributed by atoms with Gasteiger partial charge in [-0.15, -0.1) is 0 Å². The summed E-state index contributed by atoms with van der Waals surface area (Å²) in [6.45, 7) is 7.17. The lowest BCUT2D eigenvalue weighted by Crippen LogP contribution is -2.44. The number of aryl methyl sites for hydroxylation is 1. The number of carbonyl (C=O) groups is 1. The number of aromatic nitrogens is 4. The normalized spacial score (nSPS) is 16.4. The molecule has 1 amide bonds. The van der Waals surface area contributed by atoms with Crippen molar-refractivity contribution in [2.24, 2.45) is 5.92 Å². The van der Waals surface area contributed by atoms with Crippen molar-refractivity contribution in [3.63, 3.8) is 0 Å². The van der Waals surface area contributed by atoms with Crippen molar-refractivity contribution in [3.8, 4) is 0 Å². The second-order valence-corrected chi connectivity index (χ2v) is 7.50. The Labute approximate surface area is 162 Å². The number of fused-ring (bicyclic) bond motifs is 1. The van der Waals surface area contributed by atoms with Crippen LogP contribution in [0.4, 0.5) is 0 Å². The van der Waals surface area contributed by atoms with E-state index in [1.807, 2.05) is 44.2 Å². The van der Waals surface area contributed by atoms with Crippen molar-refractivity contribution in [2.75, 3.05) is 6.54 Å². The minimum absolute atomic E-state index is 0.131. The third kappa shape index (κ3) is 3.15. The molecule has 8 heteroatoms. The molecule has 1 aliphatic heterocycles. The number of hydrogen-bond acceptors (Lipinski definition) is 5. The average Bonchev–Trinajstić information content (AvgIpc) is 3.25. The molecule has 2 aromatic heterocycles. The number of rotatable bonds is 4. The van der Waals surface area contributed by atoms with Crippen molar-refractivity contribution >= 4 is 5.91 Å². The molecular weight excluding hydrogens is 358 g/mol. The second-order valence-electron chi connectivity index (χ2n) is 7.50. The van der Waals surface area contributed by atoms with Crippen molar-refractivity contribution < 1.29 is 9.32 Å². The summed E-state index contributed by atoms with van der Waals surface area (Å²) in [4.78, 5) is 27.7. The molecule has 0 spiro atoms. The quantitative estimate of drug-likeness (QED) is 0.692. The molecule has 0 aliphatic carbocycles. The first kappa shape index (κ1) is 18.2. The molecule has 1 atom stereocenters. The zero-order chi connectivity index (χ0) is 19.8. The Kier molecular flexibility index (Phi) is 4.62. The van der Waals surface area contributed by atoms with Crippen molar-refractivity contribution in [1.29, 1.82) is 0 Å². The number of nitrogens with zero attached hydrogens (tertiary/aromatic N) is 5. The van der Waals surface area contributed by atoms with E-state index in [1.54, 1.807) is 22.5 Å². The maximum Gasteiger partial charge on any atom is 0.346 e. The number of amides is 1. The summed E-state index contributed by atoms with van der Waals surface area (Å²) in [5.74, 6) is 1.22. The molecule has 0 saturated heterocycles. The van der Waals surface area contributed by atoms with Gasteiger partial charge in [-0.3, -0.25) is 9.36 Å². The van der Waals surface area contributed by atoms with E-state index in [0.717, 1.165) is 5.56 Å². The van der Waals surface area contributed by atoms with Crippen molar-refractivity contribution in [1.82, 2.24) is 24.4 Å². The molecule has 8 nitrogen and oxygen atoms in total. The molecule has 1 unspecified atom stereocenters. The van der Waals surface area contributed by atoms with E-state index in [9.17, 15) is 9.59 Å². The summed E-state index contributed by atoms with van der Waals surface area (Å²) >= 11 is 0. The van der Waals surface area contributed by atoms with Gasteiger partial charge in [-0.05, 0) is 18.4 Å². The highest BCUT2D eigenvalue weighted by Gasteiger charge is 2.37. The van der Waals surface area contributed by atoms with Crippen LogP contribution in [0.5, 0.6) is 0 Å². The van der Waals surface area contributed by atoms with Gasteiger partial charge >= 0.3 is 5.69 Å². The Balaban J connectivity index is 1.81. The maximum absolute atomic E-state index is 13.2. The first-order valence-corrected chi connectivity index (χ1v) is 9.42. The van der Waals surface area contributed by atoms with Crippen molar-refractivity contribution in [2.45, 2.75) is 39.9 Å². The lowest BCUT2D eigenvalue weighted by Gasteiger charge is -2.34. The fourth-order valence-corrected chi connectivity index (χ4v) is 3.61. The van der Waals surface area contributed by atoms with Crippen LogP contribution in [0, 0.1) is 12.8 Å². The minimum Gasteiger partial charge on any atom is -0.361 e. The van der Waals surface area contributed by atoms with E-state index in [1.165, 1.54) is 4.68 Å². The van der Waals surface area contributed by atoms with Gasteiger partial charge in [-0.2, -0.15) is 5.10 Å². The molecule has 0 bridgehead atoms. The van der Waals surface area contributed by atoms with Crippen LogP contribution in [-0.2, 0) is 13.1 Å². The van der Waals surface area contributed by atoms with Gasteiger partial charge in [0.1, 0.15) is 11.8 Å². The molecule has 1 aromatic carbocycles. The highest BCUT2D eigenvalue weighted by atomic mass is 16.5. The molecule has 4 rings (SSSR count). The van der Waals surface area contributed by atoms with Gasteiger partial charge in [0.2, 0.25) is 0 Å². The first-order valence-electron chi connectivity index (χ1n) is 9.42. The first-order chi connectivity index (χ1) is 13.5. The van der Waals surface area contributed by atoms with Crippen LogP contribution in [0.25, 0.3) is 0 Å². The van der Waals surface area contributed by atoms with Crippen LogP contribution in [0.3, 0.4) is 0 Å². The smallest absolute Gasteiger partial charge is 0.346 e. The molecule has 3 heterocycles. The largest absolute Gasteiger partial charge is 0.361 e. The molecule has 28 heavy (non-hydrogen) atoms. The highest BCUT2D eigenvalue weighted by Crippen LogP contribution is 2.31. The van der Waals surface area contributed by atoms with Gasteiger partial charge in [-0.1, -0.05) is 49.3 Å². The van der Waals surface area contributed by atoms with Gasteiger partial charge in [0.05, 0.1) is 0 Å². The number of benzene rings is 1. The SMILES string of the molecule is Cc1cc(C(=O)N2CCn3c(nn(CC(C)C)c3=O)C2c2ccccc2)no1. The third-order valence-corrected chi connectivity index (χ3v) is 4.83. The summed E-state index contributed by atoms with van der Waals surface area (Å²) in [7, 11) is 0. The fraction of sp³-hybridized carbons (Fsp3) is 0.400. The van der Waals surface area contributed by atoms with Gasteiger partial charge in [0, 0.05) is 25.7 Å². The van der Waals surface area contributed by atoms with E-state index < -0.39 is 6.04 Å². The molecule has 0 saturated carbocycles. The van der Waals surface area contributed by atoms with E-state index >= 15 is 0 Å². The molecule has 146 valence electrons. The second kappa shape index (κ2) is 7.10. The third-order valence-electron chi connectivity index (χ3n) is 4.83. The van der Waals surface area contributed by atoms with E-state index in [0.29, 0.717) is 37.1 Å². The Morgan fingerprint density at radius 1 is 1.25 bits per heavy atom. The summed E-state index contributed by atoms with van der Waals surface area (Å²) < 4.78 is 8.26. The summed E-state index contributed by atoms with van der Waals surface area (Å²) in [6, 6.07) is 10.8. The monoisotopic (exact) mass is 381 g/mol. The summed E-state index contributed by atoms with van der Waals surface area (Å²) in [5.41, 5.74) is 1.03. The van der Waals surface area contributed by atoms with Gasteiger partial charge < -0.3 is 9.42 Å². The summed E-state index contributed by atoms with van der Waals surface area (Å²) in [5, 5.41) is 8.49. The minimum atomic E-state index is -0.458. The zero-order valence-corrected chi connectivity index (χ0v) is 16.2. The lowest BCUT2D eigenvalue weighted by atomic mass is 10.0. The van der Waals surface area contributed by atoms with Crippen LogP contribution >= 0.6 is 0 Å². The van der Waals surface area contributed by atoms with Crippen LogP contribution in [0.1, 0.15) is 47.5 Å². The van der Waals surface area contributed by atoms with E-state index in [2.05, 4.69) is 10.3 Å². The van der Waals surface area contributed by atoms with E-state index in [4.69, 9.17) is 4.52 Å². The Morgan fingerprint density at radius 2 is 2.00 bits per heavy atom. The van der Waals surface area contributed by atoms with Crippen LogP contribution < -0.4 is 5.69 Å². The predicted molar refractivity (Wildman–Crippen MR) is 102 cm³/mol. The van der Waals surface area contributed by atoms with Crippen LogP contribution in [0.15, 0.2) is 45.7 Å². The molecule has 3 aromatic rings. The Hall–Kier alpha value is -3.16. The topological polar surface area (TPSA) is 86.2 Å². The summed E-state index contributed by atoms with van der Waals surface area (Å²) in [6.07, 6.45) is 0. The average molecular weight is 381 g/mol. The Bertz CT molecular complexity index is 1050. The van der Waals surface area contributed by atoms with Crippen LogP contribution in [-0.4, -0.2) is 36.9 Å². The van der Waals surface area contributed by atoms with Gasteiger partial charge in [0.25, 0.3) is 5.91 Å². The molecule has 0 radical (unpaired) electrons. The molecule has 0 N–H and O–H groups in total. The van der Waals surface area contributed by atoms with Crippen LogP contribution in [0.2, 0.25) is 0 Å². The van der Waals surface area contributed by atoms with Gasteiger partial charge in [-0.25, -0.2) is 9.48 Å². The lowest BCUT2D eigenvalue weighted by molar-refractivity contribution is 0.0646. The maximum atomic E-state index is 13.2. The number of hydrogen-bond donors (Lipinski definition) is 0. The Morgan fingerprint density at radius 3 is 2.64 bits per heavy atom. The van der Waals surface area contributed by atoms with Gasteiger partial charge in [0.15, 0.2) is 11.5 Å². The number of carbonyl (C=O) groups excluding carboxylic acids is 1. The predicted octanol–water partition coefficient (Wildman–Crippen LogP) is 2.24.